The smallest absolute Gasteiger partial charge is 0.224 e. The summed E-state index contributed by atoms with van der Waals surface area (Å²) >= 11 is 5.79. The number of nitrogens with one attached hydrogen (secondary N) is 1. The SMILES string of the molecule is Nc1ccccc1CNC(=O)Cc1ccc(Cl)cc1. The van der Waals surface area contributed by atoms with E-state index in [2.05, 4.69) is 5.32 Å². The normalized spacial score (nSPS) is 10.2. The Morgan fingerprint density at radius 2 is 1.79 bits per heavy atom. The molecule has 0 heterocycles. The molecule has 19 heavy (non-hydrogen) atoms. The first-order valence-electron chi connectivity index (χ1n) is 5.99. The van der Waals surface area contributed by atoms with E-state index in [1.165, 1.54) is 0 Å². The highest BCUT2D eigenvalue weighted by molar-refractivity contribution is 6.30. The summed E-state index contributed by atoms with van der Waals surface area (Å²) < 4.78 is 0. The standard InChI is InChI=1S/C15H15ClN2O/c16-13-7-5-11(6-8-13)9-15(19)18-10-12-3-1-2-4-14(12)17/h1-8H,9-10,17H2,(H,18,19). The van der Waals surface area contributed by atoms with Gasteiger partial charge in [-0.1, -0.05) is 41.9 Å². The predicted molar refractivity (Wildman–Crippen MR) is 77.9 cm³/mol. The fourth-order valence-corrected chi connectivity index (χ4v) is 1.87. The highest BCUT2D eigenvalue weighted by Gasteiger charge is 2.04. The number of nitrogens with two attached hydrogens (primary N) is 1. The molecule has 0 unspecified atom stereocenters. The molecule has 0 aromatic heterocycles. The van der Waals surface area contributed by atoms with Gasteiger partial charge in [0.05, 0.1) is 6.42 Å². The van der Waals surface area contributed by atoms with E-state index in [1.807, 2.05) is 36.4 Å². The molecule has 0 atom stereocenters. The summed E-state index contributed by atoms with van der Waals surface area (Å²) in [4.78, 5) is 11.8. The highest BCUT2D eigenvalue weighted by Crippen LogP contribution is 2.11. The number of halogens is 1. The first-order valence-corrected chi connectivity index (χ1v) is 6.37. The second-order valence-corrected chi connectivity index (χ2v) is 4.72. The Kier molecular flexibility index (Phi) is 4.42. The van der Waals surface area contributed by atoms with Gasteiger partial charge in [0, 0.05) is 17.3 Å². The Hall–Kier alpha value is -2.00. The predicted octanol–water partition coefficient (Wildman–Crippen LogP) is 2.78. The molecule has 0 aliphatic heterocycles. The second-order valence-electron chi connectivity index (χ2n) is 4.28. The summed E-state index contributed by atoms with van der Waals surface area (Å²) in [6.07, 6.45) is 0.337. The first kappa shape index (κ1) is 13.4. The number of hydrogen-bond acceptors (Lipinski definition) is 2. The van der Waals surface area contributed by atoms with Crippen LogP contribution in [0.4, 0.5) is 5.69 Å². The van der Waals surface area contributed by atoms with Crippen molar-refractivity contribution >= 4 is 23.2 Å². The van der Waals surface area contributed by atoms with Crippen LogP contribution in [0.15, 0.2) is 48.5 Å². The van der Waals surface area contributed by atoms with Crippen molar-refractivity contribution in [3.8, 4) is 0 Å². The summed E-state index contributed by atoms with van der Waals surface area (Å²) in [7, 11) is 0. The summed E-state index contributed by atoms with van der Waals surface area (Å²) in [5.41, 5.74) is 8.36. The fourth-order valence-electron chi connectivity index (χ4n) is 1.74. The minimum Gasteiger partial charge on any atom is -0.398 e. The molecule has 0 saturated carbocycles. The van der Waals surface area contributed by atoms with Crippen LogP contribution in [0.2, 0.25) is 5.02 Å². The third kappa shape index (κ3) is 4.00. The van der Waals surface area contributed by atoms with Crippen molar-refractivity contribution in [2.24, 2.45) is 0 Å². The molecule has 98 valence electrons. The van der Waals surface area contributed by atoms with Crippen molar-refractivity contribution in [1.82, 2.24) is 5.32 Å². The molecule has 0 bridgehead atoms. The van der Waals surface area contributed by atoms with Crippen LogP contribution in [-0.4, -0.2) is 5.91 Å². The van der Waals surface area contributed by atoms with Crippen LogP contribution < -0.4 is 11.1 Å². The molecule has 2 rings (SSSR count). The van der Waals surface area contributed by atoms with E-state index >= 15 is 0 Å². The Morgan fingerprint density at radius 3 is 2.47 bits per heavy atom. The molecule has 0 radical (unpaired) electrons. The van der Waals surface area contributed by atoms with Gasteiger partial charge in [-0.3, -0.25) is 4.79 Å². The van der Waals surface area contributed by atoms with Crippen molar-refractivity contribution in [3.05, 3.63) is 64.7 Å². The van der Waals surface area contributed by atoms with Gasteiger partial charge in [0.1, 0.15) is 0 Å². The van der Waals surface area contributed by atoms with E-state index in [-0.39, 0.29) is 5.91 Å². The van der Waals surface area contributed by atoms with Crippen molar-refractivity contribution in [2.75, 3.05) is 5.73 Å². The maximum Gasteiger partial charge on any atom is 0.224 e. The summed E-state index contributed by atoms with van der Waals surface area (Å²) in [5.74, 6) is -0.0365. The summed E-state index contributed by atoms with van der Waals surface area (Å²) in [6, 6.07) is 14.7. The highest BCUT2D eigenvalue weighted by atomic mass is 35.5. The number of anilines is 1. The molecule has 4 heteroatoms. The van der Waals surface area contributed by atoms with Gasteiger partial charge in [-0.15, -0.1) is 0 Å². The van der Waals surface area contributed by atoms with E-state index < -0.39 is 0 Å². The zero-order chi connectivity index (χ0) is 13.7. The third-order valence-electron chi connectivity index (χ3n) is 2.81. The Labute approximate surface area is 117 Å². The van der Waals surface area contributed by atoms with Gasteiger partial charge in [-0.25, -0.2) is 0 Å². The average molecular weight is 275 g/mol. The number of hydrogen-bond donors (Lipinski definition) is 2. The lowest BCUT2D eigenvalue weighted by Gasteiger charge is -2.07. The number of amides is 1. The van der Waals surface area contributed by atoms with Crippen molar-refractivity contribution in [2.45, 2.75) is 13.0 Å². The lowest BCUT2D eigenvalue weighted by Crippen LogP contribution is -2.24. The van der Waals surface area contributed by atoms with Gasteiger partial charge in [0.2, 0.25) is 5.91 Å². The van der Waals surface area contributed by atoms with Crippen molar-refractivity contribution in [3.63, 3.8) is 0 Å². The molecule has 0 saturated heterocycles. The van der Waals surface area contributed by atoms with Gasteiger partial charge in [0.15, 0.2) is 0 Å². The number of nitrogen functional groups attached to an aromatic ring is 1. The van der Waals surface area contributed by atoms with Crippen molar-refractivity contribution in [1.29, 1.82) is 0 Å². The maximum atomic E-state index is 11.8. The molecule has 0 fully saturated rings. The molecule has 0 aliphatic carbocycles. The lowest BCUT2D eigenvalue weighted by atomic mass is 10.1. The van der Waals surface area contributed by atoms with Gasteiger partial charge in [-0.2, -0.15) is 0 Å². The number of carbonyl (C=O) groups excluding carboxylic acids is 1. The van der Waals surface area contributed by atoms with Gasteiger partial charge < -0.3 is 11.1 Å². The van der Waals surface area contributed by atoms with Crippen LogP contribution >= 0.6 is 11.6 Å². The van der Waals surface area contributed by atoms with Crippen LogP contribution in [0, 0.1) is 0 Å². The lowest BCUT2D eigenvalue weighted by molar-refractivity contribution is -0.120. The van der Waals surface area contributed by atoms with Crippen LogP contribution in [0.1, 0.15) is 11.1 Å². The van der Waals surface area contributed by atoms with Crippen molar-refractivity contribution < 1.29 is 4.79 Å². The zero-order valence-electron chi connectivity index (χ0n) is 10.4. The maximum absolute atomic E-state index is 11.8. The fraction of sp³-hybridized carbons (Fsp3) is 0.133. The first-order chi connectivity index (χ1) is 9.15. The molecule has 3 nitrogen and oxygen atoms in total. The quantitative estimate of drug-likeness (QED) is 0.843. The third-order valence-corrected chi connectivity index (χ3v) is 3.06. The molecular formula is C15H15ClN2O. The van der Waals surface area contributed by atoms with E-state index in [0.29, 0.717) is 23.7 Å². The molecular weight excluding hydrogens is 260 g/mol. The summed E-state index contributed by atoms with van der Waals surface area (Å²) in [5, 5.41) is 3.52. The molecule has 2 aromatic rings. The molecule has 0 aliphatic rings. The number of rotatable bonds is 4. The number of benzene rings is 2. The van der Waals surface area contributed by atoms with Gasteiger partial charge >= 0.3 is 0 Å². The molecule has 2 aromatic carbocycles. The topological polar surface area (TPSA) is 55.1 Å². The van der Waals surface area contributed by atoms with Gasteiger partial charge in [0.25, 0.3) is 0 Å². The van der Waals surface area contributed by atoms with Gasteiger partial charge in [-0.05, 0) is 29.3 Å². The number of carbonyl (C=O) groups is 1. The average Bonchev–Trinajstić information content (AvgIpc) is 2.40. The van der Waals surface area contributed by atoms with E-state index in [1.54, 1.807) is 12.1 Å². The van der Waals surface area contributed by atoms with Crippen LogP contribution in [0.3, 0.4) is 0 Å². The second kappa shape index (κ2) is 6.25. The Bertz CT molecular complexity index is 567. The Balaban J connectivity index is 1.88. The monoisotopic (exact) mass is 274 g/mol. The Morgan fingerprint density at radius 1 is 1.11 bits per heavy atom. The molecule has 1 amide bonds. The zero-order valence-corrected chi connectivity index (χ0v) is 11.2. The van der Waals surface area contributed by atoms with Crippen LogP contribution in [0.25, 0.3) is 0 Å². The van der Waals surface area contributed by atoms with E-state index in [0.717, 1.165) is 11.1 Å². The van der Waals surface area contributed by atoms with E-state index in [9.17, 15) is 4.79 Å². The van der Waals surface area contributed by atoms with Crippen LogP contribution in [0.5, 0.6) is 0 Å². The molecule has 3 N–H and O–H groups in total. The minimum atomic E-state index is -0.0365. The van der Waals surface area contributed by atoms with E-state index in [4.69, 9.17) is 17.3 Å². The minimum absolute atomic E-state index is 0.0365. The largest absolute Gasteiger partial charge is 0.398 e. The summed E-state index contributed by atoms with van der Waals surface area (Å²) in [6.45, 7) is 0.444. The molecule has 0 spiro atoms. The van der Waals surface area contributed by atoms with Crippen LogP contribution in [-0.2, 0) is 17.8 Å². The number of para-hydroxylation sites is 1.